The lowest BCUT2D eigenvalue weighted by molar-refractivity contribution is -0.165. The van der Waals surface area contributed by atoms with Crippen molar-refractivity contribution < 1.29 is 9.53 Å². The summed E-state index contributed by atoms with van der Waals surface area (Å²) in [7, 11) is 0. The van der Waals surface area contributed by atoms with Crippen molar-refractivity contribution in [3.05, 3.63) is 0 Å². The van der Waals surface area contributed by atoms with E-state index in [9.17, 15) is 4.79 Å². The molecule has 0 aliphatic heterocycles. The minimum Gasteiger partial charge on any atom is -0.460 e. The van der Waals surface area contributed by atoms with E-state index < -0.39 is 5.54 Å². The lowest BCUT2D eigenvalue weighted by Gasteiger charge is -2.36. The SMILES string of the molecule is CC(C)(N)C(=O)OC1C(C)(C)CCC1(C)C. The minimum atomic E-state index is -0.908. The van der Waals surface area contributed by atoms with Crippen LogP contribution in [-0.2, 0) is 9.53 Å². The fraction of sp³-hybridized carbons (Fsp3) is 0.923. The van der Waals surface area contributed by atoms with E-state index in [4.69, 9.17) is 10.5 Å². The van der Waals surface area contributed by atoms with Crippen LogP contribution in [0.2, 0.25) is 0 Å². The van der Waals surface area contributed by atoms with Gasteiger partial charge in [0.2, 0.25) is 0 Å². The summed E-state index contributed by atoms with van der Waals surface area (Å²) < 4.78 is 5.64. The molecule has 1 aliphatic rings. The molecule has 3 heteroatoms. The van der Waals surface area contributed by atoms with E-state index in [1.165, 1.54) is 0 Å². The van der Waals surface area contributed by atoms with E-state index in [-0.39, 0.29) is 22.9 Å². The van der Waals surface area contributed by atoms with Crippen LogP contribution in [0.1, 0.15) is 54.4 Å². The van der Waals surface area contributed by atoms with Crippen LogP contribution in [0.25, 0.3) is 0 Å². The molecule has 3 nitrogen and oxygen atoms in total. The van der Waals surface area contributed by atoms with E-state index in [0.29, 0.717) is 0 Å². The molecule has 0 saturated heterocycles. The van der Waals surface area contributed by atoms with Crippen LogP contribution in [0.5, 0.6) is 0 Å². The highest BCUT2D eigenvalue weighted by molar-refractivity contribution is 5.79. The van der Waals surface area contributed by atoms with Crippen molar-refractivity contribution in [3.63, 3.8) is 0 Å². The Morgan fingerprint density at radius 3 is 1.88 bits per heavy atom. The highest BCUT2D eigenvalue weighted by atomic mass is 16.5. The predicted molar refractivity (Wildman–Crippen MR) is 64.9 cm³/mol. The number of esters is 1. The maximum absolute atomic E-state index is 11.8. The van der Waals surface area contributed by atoms with Gasteiger partial charge in [-0.1, -0.05) is 27.7 Å². The van der Waals surface area contributed by atoms with Crippen molar-refractivity contribution in [2.24, 2.45) is 16.6 Å². The lowest BCUT2D eigenvalue weighted by Crippen LogP contribution is -2.48. The predicted octanol–water partition coefficient (Wildman–Crippen LogP) is 2.48. The Morgan fingerprint density at radius 1 is 1.19 bits per heavy atom. The zero-order valence-electron chi connectivity index (χ0n) is 11.4. The summed E-state index contributed by atoms with van der Waals surface area (Å²) in [6, 6.07) is 0. The molecule has 0 radical (unpaired) electrons. The summed E-state index contributed by atoms with van der Waals surface area (Å²) in [5.41, 5.74) is 4.94. The van der Waals surface area contributed by atoms with Crippen molar-refractivity contribution in [1.82, 2.24) is 0 Å². The van der Waals surface area contributed by atoms with Gasteiger partial charge in [-0.2, -0.15) is 0 Å². The van der Waals surface area contributed by atoms with Gasteiger partial charge in [-0.05, 0) is 26.7 Å². The molecule has 0 unspecified atom stereocenters. The van der Waals surface area contributed by atoms with Crippen LogP contribution in [-0.4, -0.2) is 17.6 Å². The Balaban J connectivity index is 2.83. The van der Waals surface area contributed by atoms with Crippen LogP contribution >= 0.6 is 0 Å². The molecule has 0 aromatic heterocycles. The number of hydrogen-bond acceptors (Lipinski definition) is 3. The summed E-state index contributed by atoms with van der Waals surface area (Å²) in [4.78, 5) is 11.8. The molecule has 16 heavy (non-hydrogen) atoms. The number of nitrogens with two attached hydrogens (primary N) is 1. The first-order valence-corrected chi connectivity index (χ1v) is 5.97. The monoisotopic (exact) mass is 227 g/mol. The second-order valence-corrected chi connectivity index (χ2v) is 6.98. The van der Waals surface area contributed by atoms with Gasteiger partial charge in [-0.25, -0.2) is 0 Å². The van der Waals surface area contributed by atoms with Gasteiger partial charge in [0.15, 0.2) is 0 Å². The topological polar surface area (TPSA) is 52.3 Å². The van der Waals surface area contributed by atoms with Crippen LogP contribution in [0.15, 0.2) is 0 Å². The fourth-order valence-corrected chi connectivity index (χ4v) is 2.54. The van der Waals surface area contributed by atoms with Crippen molar-refractivity contribution >= 4 is 5.97 Å². The highest BCUT2D eigenvalue weighted by Gasteiger charge is 2.50. The van der Waals surface area contributed by atoms with Gasteiger partial charge in [-0.3, -0.25) is 4.79 Å². The molecule has 0 aromatic rings. The van der Waals surface area contributed by atoms with Gasteiger partial charge < -0.3 is 10.5 Å². The first-order valence-electron chi connectivity index (χ1n) is 5.97. The largest absolute Gasteiger partial charge is 0.460 e. The summed E-state index contributed by atoms with van der Waals surface area (Å²) in [5.74, 6) is -0.305. The third kappa shape index (κ3) is 2.57. The quantitative estimate of drug-likeness (QED) is 0.737. The third-order valence-corrected chi connectivity index (χ3v) is 3.58. The summed E-state index contributed by atoms with van der Waals surface area (Å²) >= 11 is 0. The zero-order valence-corrected chi connectivity index (χ0v) is 11.4. The third-order valence-electron chi connectivity index (χ3n) is 3.58. The first kappa shape index (κ1) is 13.5. The van der Waals surface area contributed by atoms with Gasteiger partial charge in [0, 0.05) is 10.8 Å². The molecule has 0 atom stereocenters. The number of hydrogen-bond donors (Lipinski definition) is 1. The van der Waals surface area contributed by atoms with Gasteiger partial charge in [0.05, 0.1) is 0 Å². The molecule has 94 valence electrons. The second-order valence-electron chi connectivity index (χ2n) is 6.98. The average Bonchev–Trinajstić information content (AvgIpc) is 2.26. The van der Waals surface area contributed by atoms with E-state index >= 15 is 0 Å². The molecule has 0 amide bonds. The van der Waals surface area contributed by atoms with Gasteiger partial charge in [0.25, 0.3) is 0 Å². The van der Waals surface area contributed by atoms with E-state index in [1.807, 2.05) is 0 Å². The minimum absolute atomic E-state index is 0.0460. The zero-order chi connectivity index (χ0) is 12.8. The van der Waals surface area contributed by atoms with Crippen LogP contribution in [0.4, 0.5) is 0 Å². The van der Waals surface area contributed by atoms with Gasteiger partial charge in [-0.15, -0.1) is 0 Å². The number of carbonyl (C=O) groups excluding carboxylic acids is 1. The molecule has 1 fully saturated rings. The molecular formula is C13H25NO2. The maximum atomic E-state index is 11.8. The van der Waals surface area contributed by atoms with E-state index in [2.05, 4.69) is 27.7 Å². The molecule has 2 N–H and O–H groups in total. The Bertz CT molecular complexity index is 271. The van der Waals surface area contributed by atoms with Gasteiger partial charge >= 0.3 is 5.97 Å². The first-order chi connectivity index (χ1) is 6.97. The number of carbonyl (C=O) groups is 1. The number of rotatable bonds is 2. The standard InChI is InChI=1S/C13H25NO2/c1-11(2)7-8-12(3,4)9(11)16-10(15)13(5,6)14/h9H,7-8,14H2,1-6H3. The maximum Gasteiger partial charge on any atom is 0.325 e. The fourth-order valence-electron chi connectivity index (χ4n) is 2.54. The molecule has 0 spiro atoms. The van der Waals surface area contributed by atoms with Crippen molar-refractivity contribution in [2.75, 3.05) is 0 Å². The van der Waals surface area contributed by atoms with Crippen molar-refractivity contribution in [3.8, 4) is 0 Å². The Hall–Kier alpha value is -0.570. The smallest absolute Gasteiger partial charge is 0.325 e. The van der Waals surface area contributed by atoms with E-state index in [1.54, 1.807) is 13.8 Å². The van der Waals surface area contributed by atoms with Crippen LogP contribution < -0.4 is 5.73 Å². The second kappa shape index (κ2) is 3.73. The lowest BCUT2D eigenvalue weighted by atomic mass is 9.81. The molecule has 0 heterocycles. The summed E-state index contributed by atoms with van der Waals surface area (Å²) in [6.45, 7) is 12.0. The van der Waals surface area contributed by atoms with Crippen molar-refractivity contribution in [1.29, 1.82) is 0 Å². The average molecular weight is 227 g/mol. The molecule has 1 rings (SSSR count). The molecule has 0 aromatic carbocycles. The molecular weight excluding hydrogens is 202 g/mol. The Kier molecular flexibility index (Phi) is 3.14. The normalized spacial score (nSPS) is 24.4. The Labute approximate surface area is 98.7 Å². The Morgan fingerprint density at radius 2 is 1.56 bits per heavy atom. The van der Waals surface area contributed by atoms with Crippen molar-refractivity contribution in [2.45, 2.75) is 66.0 Å². The van der Waals surface area contributed by atoms with Crippen LogP contribution in [0, 0.1) is 10.8 Å². The summed E-state index contributed by atoms with van der Waals surface area (Å²) in [6.07, 6.45) is 2.13. The van der Waals surface area contributed by atoms with E-state index in [0.717, 1.165) is 12.8 Å². The highest BCUT2D eigenvalue weighted by Crippen LogP contribution is 2.50. The van der Waals surface area contributed by atoms with Gasteiger partial charge in [0.1, 0.15) is 11.6 Å². The summed E-state index contributed by atoms with van der Waals surface area (Å²) in [5, 5.41) is 0. The molecule has 1 saturated carbocycles. The molecule has 0 bridgehead atoms. The van der Waals surface area contributed by atoms with Crippen LogP contribution in [0.3, 0.4) is 0 Å². The molecule has 1 aliphatic carbocycles. The number of ether oxygens (including phenoxy) is 1.